The third kappa shape index (κ3) is 4.14. The molecule has 0 spiro atoms. The van der Waals surface area contributed by atoms with Crippen LogP contribution in [0.3, 0.4) is 0 Å². The molecular weight excluding hydrogens is 182 g/mol. The largest absolute Gasteiger partial charge is 0.314 e. The highest BCUT2D eigenvalue weighted by Gasteiger charge is 2.27. The van der Waals surface area contributed by atoms with Gasteiger partial charge in [-0.15, -0.1) is 0 Å². The van der Waals surface area contributed by atoms with Gasteiger partial charge in [0.15, 0.2) is 0 Å². The molecule has 90 valence electrons. The molecule has 1 aliphatic rings. The average Bonchev–Trinajstić information content (AvgIpc) is 2.25. The van der Waals surface area contributed by atoms with Crippen molar-refractivity contribution in [2.45, 2.75) is 71.8 Å². The van der Waals surface area contributed by atoms with E-state index in [1.807, 2.05) is 0 Å². The van der Waals surface area contributed by atoms with Crippen LogP contribution in [0.5, 0.6) is 0 Å². The van der Waals surface area contributed by atoms with Crippen molar-refractivity contribution in [1.82, 2.24) is 5.32 Å². The van der Waals surface area contributed by atoms with E-state index in [0.29, 0.717) is 0 Å². The summed E-state index contributed by atoms with van der Waals surface area (Å²) in [6.07, 6.45) is 9.80. The highest BCUT2D eigenvalue weighted by Crippen LogP contribution is 2.33. The molecule has 0 amide bonds. The van der Waals surface area contributed by atoms with Crippen LogP contribution >= 0.6 is 0 Å². The first kappa shape index (κ1) is 13.0. The summed E-state index contributed by atoms with van der Waals surface area (Å²) in [6, 6.07) is 0.797. The van der Waals surface area contributed by atoms with Gasteiger partial charge in [-0.05, 0) is 37.6 Å². The van der Waals surface area contributed by atoms with E-state index in [9.17, 15) is 0 Å². The monoisotopic (exact) mass is 211 g/mol. The Kier molecular flexibility index (Phi) is 6.31. The fourth-order valence-electron chi connectivity index (χ4n) is 3.05. The summed E-state index contributed by atoms with van der Waals surface area (Å²) < 4.78 is 0. The lowest BCUT2D eigenvalue weighted by Crippen LogP contribution is -2.40. The van der Waals surface area contributed by atoms with Gasteiger partial charge in [0.05, 0.1) is 0 Å². The molecule has 0 radical (unpaired) electrons. The summed E-state index contributed by atoms with van der Waals surface area (Å²) in [6.45, 7) is 8.24. The second kappa shape index (κ2) is 7.27. The molecule has 0 aliphatic heterocycles. The van der Waals surface area contributed by atoms with Gasteiger partial charge >= 0.3 is 0 Å². The molecule has 15 heavy (non-hydrogen) atoms. The SMILES string of the molecule is CCCNC(CCC)C1CCCCC1C. The first-order chi connectivity index (χ1) is 7.29. The van der Waals surface area contributed by atoms with Gasteiger partial charge < -0.3 is 5.32 Å². The van der Waals surface area contributed by atoms with Crippen LogP contribution in [-0.4, -0.2) is 12.6 Å². The molecule has 3 unspecified atom stereocenters. The predicted octanol–water partition coefficient (Wildman–Crippen LogP) is 3.98. The minimum Gasteiger partial charge on any atom is -0.314 e. The molecule has 3 atom stereocenters. The van der Waals surface area contributed by atoms with E-state index in [-0.39, 0.29) is 0 Å². The number of hydrogen-bond donors (Lipinski definition) is 1. The Hall–Kier alpha value is -0.0400. The highest BCUT2D eigenvalue weighted by atomic mass is 14.9. The summed E-state index contributed by atoms with van der Waals surface area (Å²) in [5.41, 5.74) is 0. The lowest BCUT2D eigenvalue weighted by molar-refractivity contribution is 0.186. The molecule has 0 saturated heterocycles. The zero-order valence-corrected chi connectivity index (χ0v) is 10.9. The molecule has 1 heteroatoms. The molecule has 1 fully saturated rings. The van der Waals surface area contributed by atoms with Crippen molar-refractivity contribution in [3.63, 3.8) is 0 Å². The maximum Gasteiger partial charge on any atom is 0.00977 e. The predicted molar refractivity (Wildman–Crippen MR) is 68.1 cm³/mol. The van der Waals surface area contributed by atoms with Gasteiger partial charge in [0.1, 0.15) is 0 Å². The molecule has 0 aromatic rings. The zero-order chi connectivity index (χ0) is 11.1. The van der Waals surface area contributed by atoms with Crippen molar-refractivity contribution in [3.05, 3.63) is 0 Å². The smallest absolute Gasteiger partial charge is 0.00977 e. The van der Waals surface area contributed by atoms with Gasteiger partial charge in [0.25, 0.3) is 0 Å². The summed E-state index contributed by atoms with van der Waals surface area (Å²) >= 11 is 0. The fraction of sp³-hybridized carbons (Fsp3) is 1.00. The van der Waals surface area contributed by atoms with Crippen LogP contribution < -0.4 is 5.32 Å². The Balaban J connectivity index is 2.44. The topological polar surface area (TPSA) is 12.0 Å². The van der Waals surface area contributed by atoms with Crippen LogP contribution in [0.2, 0.25) is 0 Å². The lowest BCUT2D eigenvalue weighted by atomic mass is 9.75. The van der Waals surface area contributed by atoms with Crippen LogP contribution in [0.15, 0.2) is 0 Å². The van der Waals surface area contributed by atoms with E-state index in [4.69, 9.17) is 0 Å². The van der Waals surface area contributed by atoms with E-state index < -0.39 is 0 Å². The minimum atomic E-state index is 0.797. The van der Waals surface area contributed by atoms with E-state index in [1.54, 1.807) is 0 Å². The van der Waals surface area contributed by atoms with Crippen LogP contribution in [0.25, 0.3) is 0 Å². The van der Waals surface area contributed by atoms with E-state index in [1.165, 1.54) is 51.5 Å². The van der Waals surface area contributed by atoms with Crippen LogP contribution in [-0.2, 0) is 0 Å². The molecule has 1 nitrogen and oxygen atoms in total. The summed E-state index contributed by atoms with van der Waals surface area (Å²) in [4.78, 5) is 0. The lowest BCUT2D eigenvalue weighted by Gasteiger charge is -2.36. The zero-order valence-electron chi connectivity index (χ0n) is 10.9. The maximum absolute atomic E-state index is 3.77. The van der Waals surface area contributed by atoms with Crippen LogP contribution in [0.1, 0.15) is 65.7 Å². The fourth-order valence-corrected chi connectivity index (χ4v) is 3.05. The van der Waals surface area contributed by atoms with E-state index in [0.717, 1.165) is 17.9 Å². The molecule has 0 aromatic heterocycles. The quantitative estimate of drug-likeness (QED) is 0.700. The number of rotatable bonds is 6. The summed E-state index contributed by atoms with van der Waals surface area (Å²) in [5.74, 6) is 1.89. The van der Waals surface area contributed by atoms with Crippen molar-refractivity contribution in [1.29, 1.82) is 0 Å². The van der Waals surface area contributed by atoms with Crippen molar-refractivity contribution in [2.75, 3.05) is 6.54 Å². The number of nitrogens with one attached hydrogen (secondary N) is 1. The molecule has 0 bridgehead atoms. The Labute approximate surface area is 96.0 Å². The summed E-state index contributed by atoms with van der Waals surface area (Å²) in [5, 5.41) is 3.77. The molecule has 1 N–H and O–H groups in total. The van der Waals surface area contributed by atoms with E-state index in [2.05, 4.69) is 26.1 Å². The highest BCUT2D eigenvalue weighted by molar-refractivity contribution is 4.82. The molecule has 1 rings (SSSR count). The minimum absolute atomic E-state index is 0.797. The molecule has 1 aliphatic carbocycles. The standard InChI is InChI=1S/C14H29N/c1-4-8-14(15-11-5-2)13-10-7-6-9-12(13)3/h12-15H,4-11H2,1-3H3. The first-order valence-corrected chi connectivity index (χ1v) is 7.03. The third-order valence-electron chi connectivity index (χ3n) is 3.95. The van der Waals surface area contributed by atoms with E-state index >= 15 is 0 Å². The second-order valence-corrected chi connectivity index (χ2v) is 5.27. The Bertz CT molecular complexity index is 155. The molecular formula is C14H29N. The van der Waals surface area contributed by atoms with Gasteiger partial charge in [-0.2, -0.15) is 0 Å². The Morgan fingerprint density at radius 3 is 2.47 bits per heavy atom. The van der Waals surface area contributed by atoms with Gasteiger partial charge in [-0.1, -0.05) is 46.5 Å². The van der Waals surface area contributed by atoms with Gasteiger partial charge in [0.2, 0.25) is 0 Å². The summed E-state index contributed by atoms with van der Waals surface area (Å²) in [7, 11) is 0. The first-order valence-electron chi connectivity index (χ1n) is 7.03. The molecule has 0 aromatic carbocycles. The van der Waals surface area contributed by atoms with Crippen molar-refractivity contribution >= 4 is 0 Å². The Morgan fingerprint density at radius 1 is 1.13 bits per heavy atom. The molecule has 1 saturated carbocycles. The average molecular weight is 211 g/mol. The van der Waals surface area contributed by atoms with Gasteiger partial charge in [-0.25, -0.2) is 0 Å². The van der Waals surface area contributed by atoms with Crippen molar-refractivity contribution < 1.29 is 0 Å². The molecule has 0 heterocycles. The third-order valence-corrected chi connectivity index (χ3v) is 3.95. The number of hydrogen-bond acceptors (Lipinski definition) is 1. The van der Waals surface area contributed by atoms with Gasteiger partial charge in [-0.3, -0.25) is 0 Å². The van der Waals surface area contributed by atoms with Crippen LogP contribution in [0, 0.1) is 11.8 Å². The second-order valence-electron chi connectivity index (χ2n) is 5.27. The van der Waals surface area contributed by atoms with Crippen LogP contribution in [0.4, 0.5) is 0 Å². The maximum atomic E-state index is 3.77. The normalized spacial score (nSPS) is 29.0. The van der Waals surface area contributed by atoms with Crippen molar-refractivity contribution in [3.8, 4) is 0 Å². The van der Waals surface area contributed by atoms with Gasteiger partial charge in [0, 0.05) is 6.04 Å². The Morgan fingerprint density at radius 2 is 1.87 bits per heavy atom. The van der Waals surface area contributed by atoms with Crippen molar-refractivity contribution in [2.24, 2.45) is 11.8 Å².